The van der Waals surface area contributed by atoms with Gasteiger partial charge < -0.3 is 26.0 Å². The van der Waals surface area contributed by atoms with Crippen LogP contribution in [0.4, 0.5) is 27.4 Å². The second-order valence-corrected chi connectivity index (χ2v) is 9.52. The van der Waals surface area contributed by atoms with E-state index < -0.39 is 5.82 Å². The number of carbonyl (C=O) groups excluding carboxylic acids is 1. The van der Waals surface area contributed by atoms with Crippen molar-refractivity contribution in [2.24, 2.45) is 0 Å². The fourth-order valence-corrected chi connectivity index (χ4v) is 4.93. The molecule has 2 aliphatic rings. The van der Waals surface area contributed by atoms with Gasteiger partial charge in [-0.3, -0.25) is 14.5 Å². The van der Waals surface area contributed by atoms with Gasteiger partial charge in [0.25, 0.3) is 0 Å². The Morgan fingerprint density at radius 1 is 1.16 bits per heavy atom. The number of hydrogen-bond donors (Lipinski definition) is 3. The van der Waals surface area contributed by atoms with Crippen LogP contribution in [0.2, 0.25) is 0 Å². The van der Waals surface area contributed by atoms with Crippen LogP contribution in [0.1, 0.15) is 19.5 Å². The lowest BCUT2D eigenvalue weighted by Gasteiger charge is -2.24. The number of hydrogen-bond acceptors (Lipinski definition) is 8. The number of nitrogen functional groups attached to an aromatic ring is 1. The number of anilines is 4. The number of carbonyl (C=O) groups is 1. The van der Waals surface area contributed by atoms with Crippen molar-refractivity contribution in [3.63, 3.8) is 0 Å². The van der Waals surface area contributed by atoms with Crippen LogP contribution in [0.25, 0.3) is 21.9 Å². The van der Waals surface area contributed by atoms with Crippen molar-refractivity contribution >= 4 is 39.7 Å². The van der Waals surface area contributed by atoms with Crippen LogP contribution in [-0.2, 0) is 17.8 Å². The van der Waals surface area contributed by atoms with E-state index in [0.29, 0.717) is 64.7 Å². The minimum absolute atomic E-state index is 0.00912. The first-order chi connectivity index (χ1) is 17.9. The summed E-state index contributed by atoms with van der Waals surface area (Å²) in [5.41, 5.74) is 8.73. The van der Waals surface area contributed by atoms with E-state index in [1.807, 2.05) is 24.8 Å². The minimum Gasteiger partial charge on any atom is -0.489 e. The molecule has 190 valence electrons. The normalized spacial score (nSPS) is 15.1. The van der Waals surface area contributed by atoms with E-state index in [9.17, 15) is 4.79 Å². The zero-order valence-corrected chi connectivity index (χ0v) is 20.6. The Morgan fingerprint density at radius 3 is 2.86 bits per heavy atom. The van der Waals surface area contributed by atoms with E-state index in [4.69, 9.17) is 10.5 Å². The summed E-state index contributed by atoms with van der Waals surface area (Å²) in [5, 5.41) is 12.2. The monoisotopic (exact) mass is 502 g/mol. The van der Waals surface area contributed by atoms with Crippen molar-refractivity contribution in [2.45, 2.75) is 32.9 Å². The average Bonchev–Trinajstić information content (AvgIpc) is 3.18. The summed E-state index contributed by atoms with van der Waals surface area (Å²) in [6.07, 6.45) is 5.50. The van der Waals surface area contributed by atoms with Gasteiger partial charge in [-0.2, -0.15) is 5.10 Å². The molecule has 0 fully saturated rings. The summed E-state index contributed by atoms with van der Waals surface area (Å²) in [6.45, 7) is 6.01. The highest BCUT2D eigenvalue weighted by atomic mass is 19.1. The largest absolute Gasteiger partial charge is 0.489 e. The maximum atomic E-state index is 15.4. The van der Waals surface area contributed by atoms with Crippen LogP contribution in [0.3, 0.4) is 0 Å². The van der Waals surface area contributed by atoms with Gasteiger partial charge in [0.2, 0.25) is 5.91 Å². The molecule has 0 atom stereocenters. The molecular weight excluding hydrogens is 475 g/mol. The molecule has 0 bridgehead atoms. The second kappa shape index (κ2) is 8.91. The van der Waals surface area contributed by atoms with Crippen LogP contribution in [0, 0.1) is 5.82 Å². The number of rotatable bonds is 4. The Hall–Kier alpha value is -4.41. The number of halogens is 1. The maximum Gasteiger partial charge on any atom is 0.244 e. The summed E-state index contributed by atoms with van der Waals surface area (Å²) in [5.74, 6) is 1.17. The smallest absolute Gasteiger partial charge is 0.244 e. The molecule has 0 radical (unpaired) electrons. The molecule has 10 nitrogen and oxygen atoms in total. The van der Waals surface area contributed by atoms with E-state index in [-0.39, 0.29) is 24.2 Å². The molecule has 0 spiro atoms. The van der Waals surface area contributed by atoms with Crippen molar-refractivity contribution in [1.82, 2.24) is 24.6 Å². The van der Waals surface area contributed by atoms with Gasteiger partial charge in [-0.15, -0.1) is 0 Å². The first kappa shape index (κ1) is 23.0. The summed E-state index contributed by atoms with van der Waals surface area (Å²) in [7, 11) is 0. The molecule has 3 aromatic heterocycles. The Bertz CT molecular complexity index is 1530. The molecule has 1 amide bonds. The molecule has 4 N–H and O–H groups in total. The van der Waals surface area contributed by atoms with Crippen molar-refractivity contribution in [1.29, 1.82) is 0 Å². The Kier molecular flexibility index (Phi) is 5.54. The zero-order chi connectivity index (χ0) is 25.7. The minimum atomic E-state index is -0.544. The van der Waals surface area contributed by atoms with E-state index in [1.165, 1.54) is 0 Å². The van der Waals surface area contributed by atoms with Crippen molar-refractivity contribution < 1.29 is 13.9 Å². The highest BCUT2D eigenvalue weighted by molar-refractivity contribution is 5.99. The maximum absolute atomic E-state index is 15.4. The summed E-state index contributed by atoms with van der Waals surface area (Å²) < 4.78 is 22.9. The highest BCUT2D eigenvalue weighted by Gasteiger charge is 2.24. The predicted octanol–water partition coefficient (Wildman–Crippen LogP) is 3.56. The lowest BCUT2D eigenvalue weighted by atomic mass is 9.99. The van der Waals surface area contributed by atoms with Gasteiger partial charge in [0, 0.05) is 66.2 Å². The fraction of sp³-hybridized carbons (Fsp3) is 0.308. The third-order valence-corrected chi connectivity index (χ3v) is 6.81. The third-order valence-electron chi connectivity index (χ3n) is 6.81. The SMILES string of the molecule is CC(C)N1CCc2cc(Nc3cc4cc(-c5cncc6c5OCCN6)c(F)c(N)c4cn3)nn2CC1=O. The van der Waals surface area contributed by atoms with Gasteiger partial charge in [-0.1, -0.05) is 0 Å². The number of amides is 1. The van der Waals surface area contributed by atoms with E-state index in [1.54, 1.807) is 35.4 Å². The van der Waals surface area contributed by atoms with Gasteiger partial charge in [0.15, 0.2) is 17.4 Å². The third kappa shape index (κ3) is 4.05. The first-order valence-electron chi connectivity index (χ1n) is 12.2. The van der Waals surface area contributed by atoms with Crippen LogP contribution in [0.15, 0.2) is 36.8 Å². The molecular formula is C26H27FN8O2. The van der Waals surface area contributed by atoms with Crippen LogP contribution < -0.4 is 21.1 Å². The van der Waals surface area contributed by atoms with E-state index in [0.717, 1.165) is 12.1 Å². The Labute approximate surface area is 212 Å². The lowest BCUT2D eigenvalue weighted by molar-refractivity contribution is -0.133. The van der Waals surface area contributed by atoms with Crippen LogP contribution in [-0.4, -0.2) is 56.3 Å². The number of fused-ring (bicyclic) bond motifs is 3. The van der Waals surface area contributed by atoms with Gasteiger partial charge in [-0.05, 0) is 31.4 Å². The molecule has 0 saturated carbocycles. The average molecular weight is 503 g/mol. The van der Waals surface area contributed by atoms with E-state index in [2.05, 4.69) is 25.7 Å². The number of aromatic nitrogens is 4. The molecule has 0 unspecified atom stereocenters. The van der Waals surface area contributed by atoms with Crippen molar-refractivity contribution in [3.05, 3.63) is 48.3 Å². The molecule has 2 aliphatic heterocycles. The number of nitrogens with zero attached hydrogens (tertiary/aromatic N) is 5. The number of ether oxygens (including phenoxy) is 1. The van der Waals surface area contributed by atoms with Gasteiger partial charge in [0.05, 0.1) is 17.6 Å². The Balaban J connectivity index is 1.33. The number of benzene rings is 1. The summed E-state index contributed by atoms with van der Waals surface area (Å²) in [6, 6.07) is 5.61. The topological polar surface area (TPSA) is 123 Å². The molecule has 11 heteroatoms. The highest BCUT2D eigenvalue weighted by Crippen LogP contribution is 2.41. The number of pyridine rings is 2. The van der Waals surface area contributed by atoms with Crippen molar-refractivity contribution in [2.75, 3.05) is 36.1 Å². The van der Waals surface area contributed by atoms with Crippen molar-refractivity contribution in [3.8, 4) is 16.9 Å². The number of nitrogens with one attached hydrogen (secondary N) is 2. The van der Waals surface area contributed by atoms with Gasteiger partial charge in [-0.25, -0.2) is 9.37 Å². The standard InChI is InChI=1S/C26H27FN8O2/c1-14(2)34-5-3-16-9-22(33-35(16)13-23(34)36)32-21-8-15-7-17(24(27)25(28)18(15)11-31-21)19-10-29-12-20-26(19)37-6-4-30-20/h7-12,14,30H,3-6,13,28H2,1-2H3,(H,31,32,33). The van der Waals surface area contributed by atoms with E-state index >= 15 is 4.39 Å². The van der Waals surface area contributed by atoms with Gasteiger partial charge >= 0.3 is 0 Å². The first-order valence-corrected chi connectivity index (χ1v) is 12.2. The molecule has 37 heavy (non-hydrogen) atoms. The fourth-order valence-electron chi connectivity index (χ4n) is 4.93. The summed E-state index contributed by atoms with van der Waals surface area (Å²) >= 11 is 0. The van der Waals surface area contributed by atoms with Crippen LogP contribution >= 0.6 is 0 Å². The molecule has 4 aromatic rings. The molecule has 5 heterocycles. The predicted molar refractivity (Wildman–Crippen MR) is 139 cm³/mol. The van der Waals surface area contributed by atoms with Gasteiger partial charge in [0.1, 0.15) is 19.0 Å². The lowest BCUT2D eigenvalue weighted by Crippen LogP contribution is -2.38. The quantitative estimate of drug-likeness (QED) is 0.362. The zero-order valence-electron chi connectivity index (χ0n) is 20.6. The summed E-state index contributed by atoms with van der Waals surface area (Å²) in [4.78, 5) is 23.1. The molecule has 6 rings (SSSR count). The molecule has 0 aliphatic carbocycles. The Morgan fingerprint density at radius 2 is 2.03 bits per heavy atom. The number of nitrogens with two attached hydrogens (primary N) is 1. The molecule has 1 aromatic carbocycles. The van der Waals surface area contributed by atoms with Crippen LogP contribution in [0.5, 0.6) is 5.75 Å². The second-order valence-electron chi connectivity index (χ2n) is 9.52. The molecule has 0 saturated heterocycles.